The first kappa shape index (κ1) is 18.0. The Labute approximate surface area is 162 Å². The lowest BCUT2D eigenvalue weighted by atomic mass is 10.0. The summed E-state index contributed by atoms with van der Waals surface area (Å²) in [6, 6.07) is 24.1. The quantitative estimate of drug-likeness (QED) is 0.674. The molecule has 1 fully saturated rings. The number of nitrogens with zero attached hydrogens (tertiary/aromatic N) is 4. The van der Waals surface area contributed by atoms with E-state index < -0.39 is 0 Å². The molecule has 1 aliphatic heterocycles. The third-order valence-corrected chi connectivity index (χ3v) is 5.59. The fourth-order valence-corrected chi connectivity index (χ4v) is 4.03. The summed E-state index contributed by atoms with van der Waals surface area (Å²) in [6.07, 6.45) is 3.03. The number of benzene rings is 2. The predicted molar refractivity (Wildman–Crippen MR) is 110 cm³/mol. The van der Waals surface area contributed by atoms with Crippen molar-refractivity contribution < 1.29 is 0 Å². The van der Waals surface area contributed by atoms with Crippen LogP contribution in [0, 0.1) is 0 Å². The van der Waals surface area contributed by atoms with Crippen LogP contribution in [-0.2, 0) is 13.5 Å². The van der Waals surface area contributed by atoms with Crippen LogP contribution in [0.2, 0.25) is 0 Å². The molecule has 0 aliphatic carbocycles. The molecule has 2 heterocycles. The lowest BCUT2D eigenvalue weighted by Gasteiger charge is -2.39. The molecular weight excluding hydrogens is 332 g/mol. The van der Waals surface area contributed by atoms with Crippen LogP contribution in [0.1, 0.15) is 22.9 Å². The van der Waals surface area contributed by atoms with Crippen molar-refractivity contribution in [1.82, 2.24) is 19.6 Å². The van der Waals surface area contributed by atoms with Crippen molar-refractivity contribution in [3.63, 3.8) is 0 Å². The van der Waals surface area contributed by atoms with Gasteiger partial charge in [0.1, 0.15) is 0 Å². The van der Waals surface area contributed by atoms with E-state index in [1.54, 1.807) is 0 Å². The van der Waals surface area contributed by atoms with E-state index in [0.717, 1.165) is 39.1 Å². The fraction of sp³-hybridized carbons (Fsp3) is 0.348. The summed E-state index contributed by atoms with van der Waals surface area (Å²) in [4.78, 5) is 5.19. The van der Waals surface area contributed by atoms with Gasteiger partial charge in [0.25, 0.3) is 0 Å². The van der Waals surface area contributed by atoms with Crippen LogP contribution in [0.4, 0.5) is 0 Å². The number of aryl methyl sites for hydroxylation is 1. The van der Waals surface area contributed by atoms with Crippen LogP contribution in [0.25, 0.3) is 0 Å². The Hall–Kier alpha value is -2.43. The van der Waals surface area contributed by atoms with Gasteiger partial charge in [-0.2, -0.15) is 5.10 Å². The number of rotatable bonds is 6. The Bertz CT molecular complexity index is 820. The third kappa shape index (κ3) is 4.29. The largest absolute Gasteiger partial charge is 0.300 e. The summed E-state index contributed by atoms with van der Waals surface area (Å²) >= 11 is 0. The number of hydrogen-bond acceptors (Lipinski definition) is 3. The van der Waals surface area contributed by atoms with Crippen LogP contribution in [0.5, 0.6) is 0 Å². The Kier molecular flexibility index (Phi) is 5.66. The summed E-state index contributed by atoms with van der Waals surface area (Å²) in [5.41, 5.74) is 4.04. The van der Waals surface area contributed by atoms with Gasteiger partial charge in [0.2, 0.25) is 0 Å². The Morgan fingerprint density at radius 2 is 1.52 bits per heavy atom. The van der Waals surface area contributed by atoms with Crippen LogP contribution in [-0.4, -0.2) is 52.3 Å². The van der Waals surface area contributed by atoms with Gasteiger partial charge < -0.3 is 4.90 Å². The first-order chi connectivity index (χ1) is 13.3. The van der Waals surface area contributed by atoms with Gasteiger partial charge in [0.05, 0.1) is 11.7 Å². The van der Waals surface area contributed by atoms with Crippen LogP contribution in [0.15, 0.2) is 72.9 Å². The van der Waals surface area contributed by atoms with Gasteiger partial charge in [-0.3, -0.25) is 9.58 Å². The van der Waals surface area contributed by atoms with Crippen molar-refractivity contribution in [3.8, 4) is 0 Å². The second-order valence-corrected chi connectivity index (χ2v) is 7.31. The van der Waals surface area contributed by atoms with Gasteiger partial charge in [-0.25, -0.2) is 0 Å². The van der Waals surface area contributed by atoms with Crippen molar-refractivity contribution in [1.29, 1.82) is 0 Å². The molecule has 0 bridgehead atoms. The molecule has 0 amide bonds. The molecule has 0 saturated carbocycles. The summed E-state index contributed by atoms with van der Waals surface area (Å²) in [5, 5.41) is 4.42. The maximum absolute atomic E-state index is 4.42. The van der Waals surface area contributed by atoms with Crippen molar-refractivity contribution in [2.24, 2.45) is 7.05 Å². The maximum atomic E-state index is 4.42. The highest BCUT2D eigenvalue weighted by Crippen LogP contribution is 2.29. The molecule has 1 saturated heterocycles. The summed E-state index contributed by atoms with van der Waals surface area (Å²) in [5.74, 6) is 0. The molecule has 1 atom stereocenters. The predicted octanol–water partition coefficient (Wildman–Crippen LogP) is 3.37. The van der Waals surface area contributed by atoms with Crippen molar-refractivity contribution in [3.05, 3.63) is 89.7 Å². The minimum absolute atomic E-state index is 0.273. The topological polar surface area (TPSA) is 24.3 Å². The Morgan fingerprint density at radius 1 is 0.852 bits per heavy atom. The standard InChI is InChI=1S/C23H28N4/c1-25-22(12-14-24-25)23(21-10-6-3-7-11-21)27-18-16-26(17-19-27)15-13-20-8-4-2-5-9-20/h2-12,14,23H,13,15-19H2,1H3. The van der Waals surface area contributed by atoms with Gasteiger partial charge in [-0.15, -0.1) is 0 Å². The smallest absolute Gasteiger partial charge is 0.0774 e. The average molecular weight is 361 g/mol. The van der Waals surface area contributed by atoms with Crippen molar-refractivity contribution in [2.45, 2.75) is 12.5 Å². The molecule has 4 rings (SSSR count). The second kappa shape index (κ2) is 8.51. The summed E-state index contributed by atoms with van der Waals surface area (Å²) in [6.45, 7) is 5.54. The van der Waals surface area contributed by atoms with E-state index >= 15 is 0 Å². The molecule has 1 aromatic heterocycles. The van der Waals surface area contributed by atoms with E-state index in [0.29, 0.717) is 0 Å². The highest BCUT2D eigenvalue weighted by atomic mass is 15.3. The molecule has 4 heteroatoms. The lowest BCUT2D eigenvalue weighted by Crippen LogP contribution is -2.48. The lowest BCUT2D eigenvalue weighted by molar-refractivity contribution is 0.107. The van der Waals surface area contributed by atoms with Crippen LogP contribution >= 0.6 is 0 Å². The molecule has 2 aromatic carbocycles. The average Bonchev–Trinajstić information content (AvgIpc) is 3.15. The monoisotopic (exact) mass is 360 g/mol. The second-order valence-electron chi connectivity index (χ2n) is 7.31. The van der Waals surface area contributed by atoms with Crippen LogP contribution in [0.3, 0.4) is 0 Å². The summed E-state index contributed by atoms with van der Waals surface area (Å²) in [7, 11) is 2.04. The van der Waals surface area contributed by atoms with Gasteiger partial charge in [-0.05, 0) is 23.6 Å². The van der Waals surface area contributed by atoms with E-state index in [4.69, 9.17) is 0 Å². The van der Waals surface area contributed by atoms with Gasteiger partial charge in [0, 0.05) is 46.0 Å². The Morgan fingerprint density at radius 3 is 2.15 bits per heavy atom. The molecule has 0 radical (unpaired) electrons. The zero-order valence-electron chi connectivity index (χ0n) is 16.0. The Balaban J connectivity index is 1.42. The number of aromatic nitrogens is 2. The molecule has 27 heavy (non-hydrogen) atoms. The highest BCUT2D eigenvalue weighted by Gasteiger charge is 2.27. The molecular formula is C23H28N4. The first-order valence-electron chi connectivity index (χ1n) is 9.84. The van der Waals surface area contributed by atoms with Gasteiger partial charge in [0.15, 0.2) is 0 Å². The van der Waals surface area contributed by atoms with E-state index in [-0.39, 0.29) is 6.04 Å². The number of piperazine rings is 1. The fourth-order valence-electron chi connectivity index (χ4n) is 4.03. The minimum atomic E-state index is 0.273. The molecule has 0 N–H and O–H groups in total. The van der Waals surface area contributed by atoms with E-state index in [9.17, 15) is 0 Å². The molecule has 1 aliphatic rings. The van der Waals surface area contributed by atoms with E-state index in [2.05, 4.69) is 81.6 Å². The van der Waals surface area contributed by atoms with E-state index in [1.165, 1.54) is 16.8 Å². The number of hydrogen-bond donors (Lipinski definition) is 0. The summed E-state index contributed by atoms with van der Waals surface area (Å²) < 4.78 is 2.01. The molecule has 4 nitrogen and oxygen atoms in total. The molecule has 3 aromatic rings. The van der Waals surface area contributed by atoms with Gasteiger partial charge in [-0.1, -0.05) is 60.7 Å². The molecule has 0 spiro atoms. The minimum Gasteiger partial charge on any atom is -0.300 e. The SMILES string of the molecule is Cn1nccc1C(c1ccccc1)N1CCN(CCc2ccccc2)CC1. The zero-order chi connectivity index (χ0) is 18.5. The normalized spacial score (nSPS) is 17.1. The third-order valence-electron chi connectivity index (χ3n) is 5.59. The maximum Gasteiger partial charge on any atom is 0.0774 e. The van der Waals surface area contributed by atoms with Crippen molar-refractivity contribution >= 4 is 0 Å². The zero-order valence-corrected chi connectivity index (χ0v) is 16.0. The van der Waals surface area contributed by atoms with Gasteiger partial charge >= 0.3 is 0 Å². The van der Waals surface area contributed by atoms with E-state index in [1.807, 2.05) is 17.9 Å². The first-order valence-corrected chi connectivity index (χ1v) is 9.84. The van der Waals surface area contributed by atoms with Crippen LogP contribution < -0.4 is 0 Å². The highest BCUT2D eigenvalue weighted by molar-refractivity contribution is 5.28. The van der Waals surface area contributed by atoms with Crippen molar-refractivity contribution in [2.75, 3.05) is 32.7 Å². The molecule has 140 valence electrons. The molecule has 1 unspecified atom stereocenters.